The van der Waals surface area contributed by atoms with Gasteiger partial charge >= 0.3 is 0 Å². The van der Waals surface area contributed by atoms with E-state index < -0.39 is 0 Å². The van der Waals surface area contributed by atoms with Crippen molar-refractivity contribution in [3.8, 4) is 5.75 Å². The van der Waals surface area contributed by atoms with Crippen LogP contribution in [0.1, 0.15) is 35.3 Å². The van der Waals surface area contributed by atoms with E-state index in [4.69, 9.17) is 4.74 Å². The molecule has 2 heterocycles. The minimum atomic E-state index is -0.0999. The summed E-state index contributed by atoms with van der Waals surface area (Å²) in [6.45, 7) is 2.05. The Kier molecular flexibility index (Phi) is 4.16. The smallest absolute Gasteiger partial charge is 0.261 e. The van der Waals surface area contributed by atoms with Gasteiger partial charge in [-0.15, -0.1) is 0 Å². The van der Waals surface area contributed by atoms with Crippen molar-refractivity contribution in [1.82, 2.24) is 14.8 Å². The molecule has 0 bridgehead atoms. The first-order valence-electron chi connectivity index (χ1n) is 8.61. The lowest BCUT2D eigenvalue weighted by Gasteiger charge is -2.37. The predicted octanol–water partition coefficient (Wildman–Crippen LogP) is 3.32. The molecule has 6 heteroatoms. The zero-order chi connectivity index (χ0) is 18.1. The summed E-state index contributed by atoms with van der Waals surface area (Å²) >= 11 is 0. The molecule has 1 aromatic heterocycles. The van der Waals surface area contributed by atoms with Gasteiger partial charge in [0.1, 0.15) is 12.1 Å². The lowest BCUT2D eigenvalue weighted by Crippen LogP contribution is -2.46. The Bertz CT molecular complexity index is 922. The lowest BCUT2D eigenvalue weighted by molar-refractivity contribution is 0.0966. The van der Waals surface area contributed by atoms with Gasteiger partial charge in [-0.05, 0) is 37.1 Å². The van der Waals surface area contributed by atoms with Crippen LogP contribution in [0.3, 0.4) is 0 Å². The molecule has 2 atom stereocenters. The van der Waals surface area contributed by atoms with Crippen LogP contribution in [-0.2, 0) is 0 Å². The molecule has 6 nitrogen and oxygen atoms in total. The fraction of sp³-hybridized carbons (Fsp3) is 0.250. The van der Waals surface area contributed by atoms with E-state index in [1.165, 1.54) is 11.9 Å². The highest BCUT2D eigenvalue weighted by Crippen LogP contribution is 2.35. The highest BCUT2D eigenvalue weighted by Gasteiger charge is 2.36. The first kappa shape index (κ1) is 16.3. The second-order valence-corrected chi connectivity index (χ2v) is 6.42. The van der Waals surface area contributed by atoms with Gasteiger partial charge in [0.05, 0.1) is 13.2 Å². The Morgan fingerprint density at radius 1 is 1.15 bits per heavy atom. The number of anilines is 1. The molecule has 4 rings (SSSR count). The molecule has 26 heavy (non-hydrogen) atoms. The third-order valence-electron chi connectivity index (χ3n) is 4.79. The van der Waals surface area contributed by atoms with Crippen LogP contribution in [0.25, 0.3) is 0 Å². The highest BCUT2D eigenvalue weighted by molar-refractivity contribution is 6.06. The number of hydrogen-bond acceptors (Lipinski definition) is 4. The Hall–Kier alpha value is -3.15. The molecule has 0 spiro atoms. The molecule has 3 aromatic rings. The SMILES string of the molecule is COc1cccc(C(=O)N2c3ncnn3[C@@H](c3ccccc3)C[C@H]2C)c1. The van der Waals surface area contributed by atoms with E-state index in [1.807, 2.05) is 41.9 Å². The van der Waals surface area contributed by atoms with Gasteiger partial charge in [0.25, 0.3) is 5.91 Å². The number of fused-ring (bicyclic) bond motifs is 1. The van der Waals surface area contributed by atoms with Crippen molar-refractivity contribution in [3.63, 3.8) is 0 Å². The zero-order valence-corrected chi connectivity index (χ0v) is 14.7. The van der Waals surface area contributed by atoms with Gasteiger partial charge in [0.15, 0.2) is 0 Å². The predicted molar refractivity (Wildman–Crippen MR) is 98.5 cm³/mol. The van der Waals surface area contributed by atoms with E-state index in [0.29, 0.717) is 17.3 Å². The molecule has 0 fully saturated rings. The number of hydrogen-bond donors (Lipinski definition) is 0. The van der Waals surface area contributed by atoms with Crippen LogP contribution in [0.15, 0.2) is 60.9 Å². The van der Waals surface area contributed by atoms with Crippen molar-refractivity contribution in [2.24, 2.45) is 0 Å². The van der Waals surface area contributed by atoms with Crippen LogP contribution in [0, 0.1) is 0 Å². The molecule has 0 unspecified atom stereocenters. The maximum absolute atomic E-state index is 13.2. The fourth-order valence-corrected chi connectivity index (χ4v) is 3.50. The van der Waals surface area contributed by atoms with Gasteiger partial charge in [-0.3, -0.25) is 9.69 Å². The Labute approximate surface area is 152 Å². The van der Waals surface area contributed by atoms with Crippen LogP contribution in [0.5, 0.6) is 5.75 Å². The quantitative estimate of drug-likeness (QED) is 0.728. The minimum Gasteiger partial charge on any atom is -0.497 e. The highest BCUT2D eigenvalue weighted by atomic mass is 16.5. The van der Waals surface area contributed by atoms with Gasteiger partial charge in [-0.1, -0.05) is 36.4 Å². The maximum Gasteiger partial charge on any atom is 0.261 e. The van der Waals surface area contributed by atoms with Gasteiger partial charge < -0.3 is 4.74 Å². The minimum absolute atomic E-state index is 0.00407. The molecule has 1 aliphatic rings. The summed E-state index contributed by atoms with van der Waals surface area (Å²) in [6.07, 6.45) is 2.28. The van der Waals surface area contributed by atoms with Crippen LogP contribution in [-0.4, -0.2) is 33.8 Å². The lowest BCUT2D eigenvalue weighted by atomic mass is 9.97. The summed E-state index contributed by atoms with van der Waals surface area (Å²) < 4.78 is 7.09. The number of benzene rings is 2. The molecule has 1 aliphatic heterocycles. The Morgan fingerprint density at radius 3 is 2.73 bits per heavy atom. The Morgan fingerprint density at radius 2 is 1.96 bits per heavy atom. The summed E-state index contributed by atoms with van der Waals surface area (Å²) in [5.41, 5.74) is 1.74. The number of methoxy groups -OCH3 is 1. The van der Waals surface area contributed by atoms with Gasteiger partial charge in [0.2, 0.25) is 5.95 Å². The molecule has 2 aromatic carbocycles. The van der Waals surface area contributed by atoms with E-state index in [-0.39, 0.29) is 18.0 Å². The van der Waals surface area contributed by atoms with Gasteiger partial charge in [-0.25, -0.2) is 4.68 Å². The number of carbonyl (C=O) groups is 1. The van der Waals surface area contributed by atoms with Crippen molar-refractivity contribution in [2.45, 2.75) is 25.4 Å². The molecular formula is C20H20N4O2. The summed E-state index contributed by atoms with van der Waals surface area (Å²) in [5.74, 6) is 1.13. The van der Waals surface area contributed by atoms with Crippen LogP contribution in [0.2, 0.25) is 0 Å². The number of carbonyl (C=O) groups excluding carboxylic acids is 1. The summed E-state index contributed by atoms with van der Waals surface area (Å²) in [6, 6.07) is 17.5. The van der Waals surface area contributed by atoms with Crippen LogP contribution >= 0.6 is 0 Å². The molecule has 1 amide bonds. The standard InChI is InChI=1S/C20H20N4O2/c1-14-11-18(15-7-4-3-5-8-15)24-20(21-13-22-24)23(14)19(25)16-9-6-10-17(12-16)26-2/h3-10,12-14,18H,11H2,1-2H3/t14-,18-/m1/s1. The molecule has 0 aliphatic carbocycles. The third-order valence-corrected chi connectivity index (χ3v) is 4.79. The van der Waals surface area contributed by atoms with Gasteiger partial charge in [0, 0.05) is 11.6 Å². The maximum atomic E-state index is 13.2. The summed E-state index contributed by atoms with van der Waals surface area (Å²) in [5, 5.41) is 4.40. The fourth-order valence-electron chi connectivity index (χ4n) is 3.50. The number of nitrogens with zero attached hydrogens (tertiary/aromatic N) is 4. The number of aromatic nitrogens is 3. The van der Waals surface area contributed by atoms with Crippen molar-refractivity contribution >= 4 is 11.9 Å². The summed E-state index contributed by atoms with van der Waals surface area (Å²) in [4.78, 5) is 19.3. The molecule has 0 saturated carbocycles. The number of rotatable bonds is 3. The molecule has 0 saturated heterocycles. The largest absolute Gasteiger partial charge is 0.497 e. The average Bonchev–Trinajstić information content (AvgIpc) is 3.17. The van der Waals surface area contributed by atoms with E-state index in [2.05, 4.69) is 22.2 Å². The Balaban J connectivity index is 1.72. The van der Waals surface area contributed by atoms with Crippen LogP contribution in [0.4, 0.5) is 5.95 Å². The first-order valence-corrected chi connectivity index (χ1v) is 8.61. The zero-order valence-electron chi connectivity index (χ0n) is 14.7. The topological polar surface area (TPSA) is 60.2 Å². The van der Waals surface area contributed by atoms with Crippen molar-refractivity contribution < 1.29 is 9.53 Å². The normalized spacial score (nSPS) is 19.1. The molecule has 132 valence electrons. The van der Waals surface area contributed by atoms with E-state index >= 15 is 0 Å². The molecular weight excluding hydrogens is 328 g/mol. The van der Waals surface area contributed by atoms with Crippen molar-refractivity contribution in [3.05, 3.63) is 72.1 Å². The van der Waals surface area contributed by atoms with Crippen molar-refractivity contribution in [1.29, 1.82) is 0 Å². The number of amides is 1. The van der Waals surface area contributed by atoms with Crippen molar-refractivity contribution in [2.75, 3.05) is 12.0 Å². The summed E-state index contributed by atoms with van der Waals surface area (Å²) in [7, 11) is 1.59. The number of ether oxygens (including phenoxy) is 1. The third kappa shape index (κ3) is 2.73. The van der Waals surface area contributed by atoms with Gasteiger partial charge in [-0.2, -0.15) is 10.1 Å². The van der Waals surface area contributed by atoms with E-state index in [0.717, 1.165) is 6.42 Å². The molecule has 0 radical (unpaired) electrons. The first-order chi connectivity index (χ1) is 12.7. The second kappa shape index (κ2) is 6.63. The second-order valence-electron chi connectivity index (χ2n) is 6.42. The van der Waals surface area contributed by atoms with E-state index in [1.54, 1.807) is 24.1 Å². The van der Waals surface area contributed by atoms with Crippen LogP contribution < -0.4 is 9.64 Å². The monoisotopic (exact) mass is 348 g/mol. The average molecular weight is 348 g/mol. The van der Waals surface area contributed by atoms with E-state index in [9.17, 15) is 4.79 Å². The molecule has 0 N–H and O–H groups in total.